The summed E-state index contributed by atoms with van der Waals surface area (Å²) in [4.78, 5) is 56.7. The molecule has 0 radical (unpaired) electrons. The van der Waals surface area contributed by atoms with Crippen molar-refractivity contribution in [1.82, 2.24) is 16.0 Å². The molecule has 36 heavy (non-hydrogen) atoms. The van der Waals surface area contributed by atoms with Crippen LogP contribution >= 0.6 is 0 Å². The van der Waals surface area contributed by atoms with Crippen LogP contribution in [0.5, 0.6) is 0 Å². The molecule has 17 nitrogen and oxygen atoms in total. The Hall–Kier alpha value is -3.70. The molecule has 0 rings (SSSR count). The van der Waals surface area contributed by atoms with Crippen LogP contribution in [0.15, 0.2) is 9.98 Å². The Morgan fingerprint density at radius 2 is 1.28 bits per heavy atom. The lowest BCUT2D eigenvalue weighted by Gasteiger charge is -2.26. The van der Waals surface area contributed by atoms with E-state index in [4.69, 9.17) is 33.8 Å². The van der Waals surface area contributed by atoms with Crippen molar-refractivity contribution in [3.05, 3.63) is 0 Å². The summed E-state index contributed by atoms with van der Waals surface area (Å²) < 4.78 is 0. The number of rotatable bonds is 17. The number of aliphatic imine (C=N–C) groups is 2. The second kappa shape index (κ2) is 16.8. The highest BCUT2D eigenvalue weighted by Crippen LogP contribution is 2.04. The molecule has 0 aromatic carbocycles. The molecule has 206 valence electrons. The second-order valence-electron chi connectivity index (χ2n) is 7.87. The summed E-state index contributed by atoms with van der Waals surface area (Å²) in [5.74, 6) is -4.33. The van der Waals surface area contributed by atoms with Crippen LogP contribution in [0.25, 0.3) is 0 Å². The first-order chi connectivity index (χ1) is 16.8. The van der Waals surface area contributed by atoms with Crippen molar-refractivity contribution >= 4 is 35.6 Å². The molecule has 17 heteroatoms. The standard InChI is InChI=1S/C19H38N10O7/c1-9(31)13(16(34)28-12(17(35)36)5-3-7-26-19(23)24)29-15(33)11(4-2-6-25-18(21)22)27-14(32)10(20)8-30/h9-13,30-31H,2-8,20H2,1H3,(H,27,32)(H,28,34)(H,29,33)(H,35,36)(H4,21,22,25)(H4,23,24,26). The molecule has 3 amide bonds. The maximum Gasteiger partial charge on any atom is 0.326 e. The summed E-state index contributed by atoms with van der Waals surface area (Å²) in [7, 11) is 0. The van der Waals surface area contributed by atoms with Gasteiger partial charge in [0.25, 0.3) is 0 Å². The van der Waals surface area contributed by atoms with Crippen LogP contribution in [0.1, 0.15) is 32.6 Å². The number of hydrogen-bond acceptors (Lipinski definition) is 9. The fraction of sp³-hybridized carbons (Fsp3) is 0.684. The first-order valence-corrected chi connectivity index (χ1v) is 11.1. The highest BCUT2D eigenvalue weighted by Gasteiger charge is 2.32. The van der Waals surface area contributed by atoms with Crippen LogP contribution in [0.2, 0.25) is 0 Å². The van der Waals surface area contributed by atoms with Crippen LogP contribution in [0.3, 0.4) is 0 Å². The summed E-state index contributed by atoms with van der Waals surface area (Å²) >= 11 is 0. The number of carboxylic acids is 1. The van der Waals surface area contributed by atoms with Gasteiger partial charge in [-0.05, 0) is 32.6 Å². The minimum atomic E-state index is -1.55. The lowest BCUT2D eigenvalue weighted by Crippen LogP contribution is -2.60. The number of carboxylic acid groups (broad SMARTS) is 1. The van der Waals surface area contributed by atoms with Gasteiger partial charge < -0.3 is 59.9 Å². The molecular weight excluding hydrogens is 480 g/mol. The van der Waals surface area contributed by atoms with Crippen molar-refractivity contribution in [3.63, 3.8) is 0 Å². The normalized spacial score (nSPS) is 14.8. The molecule has 0 aromatic rings. The molecule has 0 aromatic heterocycles. The highest BCUT2D eigenvalue weighted by molar-refractivity contribution is 5.94. The van der Waals surface area contributed by atoms with Gasteiger partial charge in [0.1, 0.15) is 24.2 Å². The van der Waals surface area contributed by atoms with Crippen LogP contribution in [-0.2, 0) is 19.2 Å². The summed E-state index contributed by atoms with van der Waals surface area (Å²) in [6.07, 6.45) is -0.963. The van der Waals surface area contributed by atoms with Crippen molar-refractivity contribution in [2.24, 2.45) is 38.7 Å². The molecule has 0 saturated carbocycles. The average molecular weight is 519 g/mol. The van der Waals surface area contributed by atoms with Gasteiger partial charge in [0, 0.05) is 13.1 Å². The zero-order chi connectivity index (χ0) is 27.8. The maximum absolute atomic E-state index is 12.9. The van der Waals surface area contributed by atoms with Gasteiger partial charge in [-0.2, -0.15) is 0 Å². The number of aliphatic hydroxyl groups excluding tert-OH is 2. The summed E-state index contributed by atoms with van der Waals surface area (Å²) in [5.41, 5.74) is 26.4. The number of carbonyl (C=O) groups excluding carboxylic acids is 3. The Morgan fingerprint density at radius 3 is 1.69 bits per heavy atom. The first-order valence-electron chi connectivity index (χ1n) is 11.1. The third-order valence-electron chi connectivity index (χ3n) is 4.73. The minimum Gasteiger partial charge on any atom is -0.480 e. The molecule has 0 aliphatic heterocycles. The third-order valence-corrected chi connectivity index (χ3v) is 4.73. The van der Waals surface area contributed by atoms with Crippen LogP contribution < -0.4 is 44.6 Å². The number of guanidine groups is 2. The topological polar surface area (TPSA) is 320 Å². The molecular formula is C19H38N10O7. The van der Waals surface area contributed by atoms with Gasteiger partial charge in [0.05, 0.1) is 12.7 Å². The van der Waals surface area contributed by atoms with Gasteiger partial charge in [-0.1, -0.05) is 0 Å². The van der Waals surface area contributed by atoms with Crippen molar-refractivity contribution in [2.45, 2.75) is 62.9 Å². The fourth-order valence-corrected chi connectivity index (χ4v) is 2.82. The summed E-state index contributed by atoms with van der Waals surface area (Å²) in [6.45, 7) is 0.809. The monoisotopic (exact) mass is 518 g/mol. The summed E-state index contributed by atoms with van der Waals surface area (Å²) in [5, 5.41) is 35.4. The molecule has 0 fully saturated rings. The minimum absolute atomic E-state index is 0.0171. The van der Waals surface area contributed by atoms with Crippen LogP contribution in [0.4, 0.5) is 0 Å². The van der Waals surface area contributed by atoms with E-state index in [2.05, 4.69) is 25.9 Å². The van der Waals surface area contributed by atoms with E-state index < -0.39 is 60.6 Å². The molecule has 0 heterocycles. The SMILES string of the molecule is CC(O)C(NC(=O)C(CCCN=C(N)N)NC(=O)C(N)CO)C(=O)NC(CCCN=C(N)N)C(=O)O. The van der Waals surface area contributed by atoms with Gasteiger partial charge in [0.15, 0.2) is 11.9 Å². The van der Waals surface area contributed by atoms with E-state index in [1.165, 1.54) is 6.92 Å². The predicted molar refractivity (Wildman–Crippen MR) is 130 cm³/mol. The van der Waals surface area contributed by atoms with Crippen LogP contribution in [0, 0.1) is 0 Å². The first kappa shape index (κ1) is 32.3. The Labute approximate surface area is 207 Å². The molecule has 16 N–H and O–H groups in total. The molecule has 0 saturated heterocycles. The average Bonchev–Trinajstić information content (AvgIpc) is 2.79. The molecule has 0 aliphatic carbocycles. The van der Waals surface area contributed by atoms with Crippen LogP contribution in [-0.4, -0.2) is 101 Å². The molecule has 0 aliphatic rings. The van der Waals surface area contributed by atoms with Gasteiger partial charge in [0.2, 0.25) is 17.7 Å². The van der Waals surface area contributed by atoms with E-state index in [-0.39, 0.29) is 50.7 Å². The number of amides is 3. The van der Waals surface area contributed by atoms with Gasteiger partial charge in [-0.3, -0.25) is 24.4 Å². The number of aliphatic hydroxyl groups is 2. The maximum atomic E-state index is 12.9. The zero-order valence-corrected chi connectivity index (χ0v) is 20.1. The quantitative estimate of drug-likeness (QED) is 0.0487. The van der Waals surface area contributed by atoms with Gasteiger partial charge in [-0.15, -0.1) is 0 Å². The number of carbonyl (C=O) groups is 4. The van der Waals surface area contributed by atoms with E-state index in [0.717, 1.165) is 0 Å². The predicted octanol–water partition coefficient (Wildman–Crippen LogP) is -5.67. The second-order valence-corrected chi connectivity index (χ2v) is 7.87. The van der Waals surface area contributed by atoms with Gasteiger partial charge >= 0.3 is 5.97 Å². The molecule has 0 spiro atoms. The number of nitrogens with two attached hydrogens (primary N) is 5. The van der Waals surface area contributed by atoms with E-state index in [1.54, 1.807) is 0 Å². The number of nitrogens with zero attached hydrogens (tertiary/aromatic N) is 2. The molecule has 0 bridgehead atoms. The zero-order valence-electron chi connectivity index (χ0n) is 20.1. The van der Waals surface area contributed by atoms with Crippen molar-refractivity contribution in [1.29, 1.82) is 0 Å². The van der Waals surface area contributed by atoms with E-state index in [1.807, 2.05) is 0 Å². The smallest absolute Gasteiger partial charge is 0.326 e. The third kappa shape index (κ3) is 13.3. The van der Waals surface area contributed by atoms with E-state index in [9.17, 15) is 29.4 Å². The largest absolute Gasteiger partial charge is 0.480 e. The van der Waals surface area contributed by atoms with Crippen molar-refractivity contribution in [3.8, 4) is 0 Å². The van der Waals surface area contributed by atoms with E-state index >= 15 is 0 Å². The lowest BCUT2D eigenvalue weighted by molar-refractivity contribution is -0.143. The van der Waals surface area contributed by atoms with Crippen molar-refractivity contribution < 1.29 is 34.5 Å². The summed E-state index contributed by atoms with van der Waals surface area (Å²) in [6, 6.07) is -5.43. The number of aliphatic carboxylic acids is 1. The van der Waals surface area contributed by atoms with E-state index in [0.29, 0.717) is 0 Å². The van der Waals surface area contributed by atoms with Gasteiger partial charge in [-0.25, -0.2) is 4.79 Å². The number of nitrogens with one attached hydrogen (secondary N) is 3. The Kier molecular flexibility index (Phi) is 15.1. The number of hydrogen-bond donors (Lipinski definition) is 11. The highest BCUT2D eigenvalue weighted by atomic mass is 16.4. The molecule has 5 atom stereocenters. The Morgan fingerprint density at radius 1 is 0.806 bits per heavy atom. The lowest BCUT2D eigenvalue weighted by atomic mass is 10.1. The Balaban J connectivity index is 5.41. The van der Waals surface area contributed by atoms with Crippen molar-refractivity contribution in [2.75, 3.05) is 19.7 Å². The Bertz CT molecular complexity index is 797. The molecule has 5 unspecified atom stereocenters. The fourth-order valence-electron chi connectivity index (χ4n) is 2.82.